The van der Waals surface area contributed by atoms with E-state index in [1.54, 1.807) is 30.6 Å². The van der Waals surface area contributed by atoms with Crippen molar-refractivity contribution in [3.05, 3.63) is 53.3 Å². The van der Waals surface area contributed by atoms with Crippen LogP contribution in [0.2, 0.25) is 0 Å². The van der Waals surface area contributed by atoms with Gasteiger partial charge in [-0.25, -0.2) is 4.79 Å². The summed E-state index contributed by atoms with van der Waals surface area (Å²) in [4.78, 5) is 16.0. The van der Waals surface area contributed by atoms with Crippen LogP contribution in [0.3, 0.4) is 0 Å². The van der Waals surface area contributed by atoms with Gasteiger partial charge in [-0.2, -0.15) is 0 Å². The van der Waals surface area contributed by atoms with Crippen LogP contribution in [0.1, 0.15) is 28.4 Å². The maximum Gasteiger partial charge on any atom is 0.338 e. The molecule has 5 heteroatoms. The molecule has 0 saturated heterocycles. The molecule has 0 fully saturated rings. The highest BCUT2D eigenvalue weighted by Gasteiger charge is 2.10. The standard InChI is InChI=1S/C16H18N2O3/c1-3-20-15-5-4-13(7-14(15)17)16(19)21-10-12-6-11(2)8-18-9-12/h4-9H,3,10,17H2,1-2H3. The number of aryl methyl sites for hydroxylation is 1. The van der Waals surface area contributed by atoms with Gasteiger partial charge in [-0.1, -0.05) is 0 Å². The van der Waals surface area contributed by atoms with Crippen LogP contribution in [0, 0.1) is 6.92 Å². The Labute approximate surface area is 123 Å². The zero-order valence-electron chi connectivity index (χ0n) is 12.1. The maximum atomic E-state index is 12.0. The Bertz CT molecular complexity index is 641. The van der Waals surface area contributed by atoms with Crippen molar-refractivity contribution >= 4 is 11.7 Å². The lowest BCUT2D eigenvalue weighted by atomic mass is 10.2. The second-order valence-corrected chi connectivity index (χ2v) is 4.63. The first-order valence-corrected chi connectivity index (χ1v) is 6.70. The summed E-state index contributed by atoms with van der Waals surface area (Å²) in [6.45, 7) is 4.51. The Hall–Kier alpha value is -2.56. The van der Waals surface area contributed by atoms with E-state index < -0.39 is 5.97 Å². The lowest BCUT2D eigenvalue weighted by molar-refractivity contribution is 0.0472. The van der Waals surface area contributed by atoms with Crippen LogP contribution < -0.4 is 10.5 Å². The van der Waals surface area contributed by atoms with E-state index in [0.717, 1.165) is 11.1 Å². The maximum absolute atomic E-state index is 12.0. The molecule has 0 aliphatic carbocycles. The molecule has 2 aromatic rings. The number of nitrogens with two attached hydrogens (primary N) is 1. The summed E-state index contributed by atoms with van der Waals surface area (Å²) in [7, 11) is 0. The van der Waals surface area contributed by atoms with Gasteiger partial charge < -0.3 is 15.2 Å². The first-order valence-electron chi connectivity index (χ1n) is 6.70. The van der Waals surface area contributed by atoms with Crippen LogP contribution in [0.5, 0.6) is 5.75 Å². The number of pyridine rings is 1. The van der Waals surface area contributed by atoms with Crippen molar-refractivity contribution in [2.24, 2.45) is 0 Å². The summed E-state index contributed by atoms with van der Waals surface area (Å²) in [5.74, 6) is 0.142. The van der Waals surface area contributed by atoms with Gasteiger partial charge >= 0.3 is 5.97 Å². The lowest BCUT2D eigenvalue weighted by Crippen LogP contribution is -2.07. The van der Waals surface area contributed by atoms with E-state index >= 15 is 0 Å². The van der Waals surface area contributed by atoms with Gasteiger partial charge in [-0.15, -0.1) is 0 Å². The summed E-state index contributed by atoms with van der Waals surface area (Å²) in [5, 5.41) is 0. The number of rotatable bonds is 5. The molecule has 0 bridgehead atoms. The summed E-state index contributed by atoms with van der Waals surface area (Å²) >= 11 is 0. The van der Waals surface area contributed by atoms with Gasteiger partial charge in [0, 0.05) is 18.0 Å². The number of benzene rings is 1. The van der Waals surface area contributed by atoms with Gasteiger partial charge in [0.1, 0.15) is 12.4 Å². The Balaban J connectivity index is 2.02. The van der Waals surface area contributed by atoms with E-state index in [4.69, 9.17) is 15.2 Å². The molecule has 1 aromatic carbocycles. The first-order chi connectivity index (χ1) is 10.1. The van der Waals surface area contributed by atoms with Gasteiger partial charge in [0.15, 0.2) is 0 Å². The van der Waals surface area contributed by atoms with Crippen molar-refractivity contribution in [2.75, 3.05) is 12.3 Å². The Morgan fingerprint density at radius 3 is 2.76 bits per heavy atom. The number of nitrogen functional groups attached to an aromatic ring is 1. The van der Waals surface area contributed by atoms with Crippen LogP contribution in [0.25, 0.3) is 0 Å². The highest BCUT2D eigenvalue weighted by Crippen LogP contribution is 2.23. The molecular formula is C16H18N2O3. The molecule has 0 spiro atoms. The molecule has 1 aromatic heterocycles. The number of aromatic nitrogens is 1. The normalized spacial score (nSPS) is 10.2. The van der Waals surface area contributed by atoms with Gasteiger partial charge in [0.25, 0.3) is 0 Å². The van der Waals surface area contributed by atoms with Crippen molar-refractivity contribution in [3.63, 3.8) is 0 Å². The minimum atomic E-state index is -0.425. The van der Waals surface area contributed by atoms with Gasteiger partial charge in [-0.3, -0.25) is 4.98 Å². The molecule has 5 nitrogen and oxygen atoms in total. The molecule has 0 aliphatic heterocycles. The molecule has 0 radical (unpaired) electrons. The number of ether oxygens (including phenoxy) is 2. The molecule has 0 aliphatic rings. The Morgan fingerprint density at radius 2 is 2.10 bits per heavy atom. The van der Waals surface area contributed by atoms with Crippen LogP contribution in [0.15, 0.2) is 36.7 Å². The SMILES string of the molecule is CCOc1ccc(C(=O)OCc2cncc(C)c2)cc1N. The molecule has 0 unspecified atom stereocenters. The van der Waals surface area contributed by atoms with Crippen molar-refractivity contribution in [2.45, 2.75) is 20.5 Å². The average Bonchev–Trinajstić information content (AvgIpc) is 2.47. The molecule has 110 valence electrons. The number of esters is 1. The van der Waals surface area contributed by atoms with E-state index in [9.17, 15) is 4.79 Å². The highest BCUT2D eigenvalue weighted by molar-refractivity contribution is 5.91. The van der Waals surface area contributed by atoms with E-state index in [-0.39, 0.29) is 6.61 Å². The topological polar surface area (TPSA) is 74.4 Å². The van der Waals surface area contributed by atoms with E-state index in [2.05, 4.69) is 4.98 Å². The predicted octanol–water partition coefficient (Wildman–Crippen LogP) is 2.73. The van der Waals surface area contributed by atoms with Crippen molar-refractivity contribution in [1.29, 1.82) is 0 Å². The fourth-order valence-corrected chi connectivity index (χ4v) is 1.89. The molecule has 2 rings (SSSR count). The summed E-state index contributed by atoms with van der Waals surface area (Å²) in [5.41, 5.74) is 8.52. The quantitative estimate of drug-likeness (QED) is 0.675. The summed E-state index contributed by atoms with van der Waals surface area (Å²) in [6.07, 6.45) is 3.42. The van der Waals surface area contributed by atoms with Crippen molar-refractivity contribution in [3.8, 4) is 5.75 Å². The van der Waals surface area contributed by atoms with E-state index in [1.807, 2.05) is 19.9 Å². The van der Waals surface area contributed by atoms with Crippen molar-refractivity contribution < 1.29 is 14.3 Å². The van der Waals surface area contributed by atoms with Crippen LogP contribution in [-0.2, 0) is 11.3 Å². The number of hydrogen-bond acceptors (Lipinski definition) is 5. The van der Waals surface area contributed by atoms with E-state index in [1.165, 1.54) is 0 Å². The number of carbonyl (C=O) groups excluding carboxylic acids is 1. The van der Waals surface area contributed by atoms with Crippen molar-refractivity contribution in [1.82, 2.24) is 4.98 Å². The van der Waals surface area contributed by atoms with Crippen LogP contribution in [-0.4, -0.2) is 17.6 Å². The molecular weight excluding hydrogens is 268 g/mol. The van der Waals surface area contributed by atoms with Gasteiger partial charge in [-0.05, 0) is 43.7 Å². The molecule has 1 heterocycles. The Kier molecular flexibility index (Phi) is 4.77. The average molecular weight is 286 g/mol. The van der Waals surface area contributed by atoms with Crippen LogP contribution in [0.4, 0.5) is 5.69 Å². The zero-order valence-corrected chi connectivity index (χ0v) is 12.1. The summed E-state index contributed by atoms with van der Waals surface area (Å²) < 4.78 is 10.6. The van der Waals surface area contributed by atoms with Crippen LogP contribution >= 0.6 is 0 Å². The van der Waals surface area contributed by atoms with Gasteiger partial charge in [0.05, 0.1) is 17.9 Å². The van der Waals surface area contributed by atoms with Gasteiger partial charge in [0.2, 0.25) is 0 Å². The molecule has 21 heavy (non-hydrogen) atoms. The minimum absolute atomic E-state index is 0.181. The number of anilines is 1. The molecule has 2 N–H and O–H groups in total. The number of hydrogen-bond donors (Lipinski definition) is 1. The largest absolute Gasteiger partial charge is 0.492 e. The first kappa shape index (κ1) is 14.8. The highest BCUT2D eigenvalue weighted by atomic mass is 16.5. The second kappa shape index (κ2) is 6.74. The predicted molar refractivity (Wildman–Crippen MR) is 80.1 cm³/mol. The molecule has 0 amide bonds. The molecule has 0 saturated carbocycles. The minimum Gasteiger partial charge on any atom is -0.492 e. The third-order valence-corrected chi connectivity index (χ3v) is 2.85. The second-order valence-electron chi connectivity index (χ2n) is 4.63. The molecule has 0 atom stereocenters. The zero-order chi connectivity index (χ0) is 15.2. The fourth-order valence-electron chi connectivity index (χ4n) is 1.89. The smallest absolute Gasteiger partial charge is 0.338 e. The monoisotopic (exact) mass is 286 g/mol. The summed E-state index contributed by atoms with van der Waals surface area (Å²) in [6, 6.07) is 6.79. The number of carbonyl (C=O) groups is 1. The van der Waals surface area contributed by atoms with E-state index in [0.29, 0.717) is 23.6 Å². The third-order valence-electron chi connectivity index (χ3n) is 2.85. The fraction of sp³-hybridized carbons (Fsp3) is 0.250. The number of nitrogens with zero attached hydrogens (tertiary/aromatic N) is 1. The third kappa shape index (κ3) is 3.95. The Morgan fingerprint density at radius 1 is 1.29 bits per heavy atom. The lowest BCUT2D eigenvalue weighted by Gasteiger charge is -2.09.